The highest BCUT2D eigenvalue weighted by molar-refractivity contribution is 5.81. The number of hydrogen-bond acceptors (Lipinski definition) is 3. The molecule has 2 amide bonds. The van der Waals surface area contributed by atoms with Gasteiger partial charge in [0.15, 0.2) is 0 Å². The average molecular weight is 229 g/mol. The SMILES string of the molecule is CCC[C@@H](N)C(=O)NCCNC(=O)C(C)C. The number of amides is 2. The van der Waals surface area contributed by atoms with Crippen molar-refractivity contribution in [2.24, 2.45) is 11.7 Å². The zero-order valence-electron chi connectivity index (χ0n) is 10.4. The van der Waals surface area contributed by atoms with E-state index in [1.807, 2.05) is 20.8 Å². The standard InChI is InChI=1S/C11H23N3O2/c1-4-5-9(12)11(16)14-7-6-13-10(15)8(2)3/h8-9H,4-7,12H2,1-3H3,(H,13,15)(H,14,16)/t9-/m1/s1. The molecule has 5 heteroatoms. The molecule has 94 valence electrons. The van der Waals surface area contributed by atoms with Crippen molar-refractivity contribution >= 4 is 11.8 Å². The normalized spacial score (nSPS) is 12.3. The third-order valence-corrected chi connectivity index (χ3v) is 2.18. The Balaban J connectivity index is 3.59. The molecule has 0 spiro atoms. The van der Waals surface area contributed by atoms with E-state index in [2.05, 4.69) is 10.6 Å². The maximum atomic E-state index is 11.4. The Morgan fingerprint density at radius 1 is 1.12 bits per heavy atom. The van der Waals surface area contributed by atoms with Gasteiger partial charge in [0.2, 0.25) is 11.8 Å². The Morgan fingerprint density at radius 2 is 1.62 bits per heavy atom. The number of nitrogens with two attached hydrogens (primary N) is 1. The summed E-state index contributed by atoms with van der Waals surface area (Å²) < 4.78 is 0. The van der Waals surface area contributed by atoms with Crippen LogP contribution in [0.1, 0.15) is 33.6 Å². The van der Waals surface area contributed by atoms with Crippen LogP contribution in [-0.2, 0) is 9.59 Å². The maximum absolute atomic E-state index is 11.4. The van der Waals surface area contributed by atoms with Gasteiger partial charge in [-0.1, -0.05) is 27.2 Å². The van der Waals surface area contributed by atoms with E-state index in [9.17, 15) is 9.59 Å². The van der Waals surface area contributed by atoms with Crippen molar-refractivity contribution in [2.45, 2.75) is 39.7 Å². The molecule has 0 bridgehead atoms. The molecule has 0 aromatic rings. The lowest BCUT2D eigenvalue weighted by Gasteiger charge is -2.12. The van der Waals surface area contributed by atoms with Crippen molar-refractivity contribution < 1.29 is 9.59 Å². The molecule has 0 aliphatic heterocycles. The zero-order valence-corrected chi connectivity index (χ0v) is 10.4. The van der Waals surface area contributed by atoms with Gasteiger partial charge in [0, 0.05) is 19.0 Å². The van der Waals surface area contributed by atoms with Crippen molar-refractivity contribution in [3.8, 4) is 0 Å². The van der Waals surface area contributed by atoms with Crippen LogP contribution in [0.2, 0.25) is 0 Å². The van der Waals surface area contributed by atoms with Crippen LogP contribution in [0.15, 0.2) is 0 Å². The van der Waals surface area contributed by atoms with Crippen molar-refractivity contribution in [2.75, 3.05) is 13.1 Å². The molecule has 5 nitrogen and oxygen atoms in total. The van der Waals surface area contributed by atoms with E-state index < -0.39 is 6.04 Å². The Kier molecular flexibility index (Phi) is 7.54. The van der Waals surface area contributed by atoms with Crippen molar-refractivity contribution in [3.05, 3.63) is 0 Å². The van der Waals surface area contributed by atoms with Crippen LogP contribution in [0.4, 0.5) is 0 Å². The van der Waals surface area contributed by atoms with Crippen LogP contribution in [0.3, 0.4) is 0 Å². The summed E-state index contributed by atoms with van der Waals surface area (Å²) in [6.45, 7) is 6.50. The second-order valence-corrected chi connectivity index (χ2v) is 4.13. The predicted molar refractivity (Wildman–Crippen MR) is 63.7 cm³/mol. The molecule has 0 aromatic carbocycles. The Morgan fingerprint density at radius 3 is 2.06 bits per heavy atom. The van der Waals surface area contributed by atoms with Gasteiger partial charge in [-0.25, -0.2) is 0 Å². The molecular weight excluding hydrogens is 206 g/mol. The molecular formula is C11H23N3O2. The van der Waals surface area contributed by atoms with Crippen molar-refractivity contribution in [1.29, 1.82) is 0 Å². The van der Waals surface area contributed by atoms with Gasteiger partial charge >= 0.3 is 0 Å². The van der Waals surface area contributed by atoms with Crippen LogP contribution in [0.25, 0.3) is 0 Å². The van der Waals surface area contributed by atoms with Gasteiger partial charge in [-0.2, -0.15) is 0 Å². The first-order valence-electron chi connectivity index (χ1n) is 5.80. The molecule has 0 aromatic heterocycles. The lowest BCUT2D eigenvalue weighted by atomic mass is 10.2. The zero-order chi connectivity index (χ0) is 12.6. The summed E-state index contributed by atoms with van der Waals surface area (Å²) in [5.74, 6) is -0.189. The minimum absolute atomic E-state index is 0.00731. The quantitative estimate of drug-likeness (QED) is 0.537. The minimum atomic E-state index is -0.439. The monoisotopic (exact) mass is 229 g/mol. The van der Waals surface area contributed by atoms with E-state index in [-0.39, 0.29) is 17.7 Å². The Hall–Kier alpha value is -1.10. The smallest absolute Gasteiger partial charge is 0.236 e. The largest absolute Gasteiger partial charge is 0.354 e. The molecule has 0 saturated carbocycles. The Labute approximate surface area is 97.2 Å². The summed E-state index contributed by atoms with van der Waals surface area (Å²) in [6.07, 6.45) is 1.57. The molecule has 0 unspecified atom stereocenters. The molecule has 4 N–H and O–H groups in total. The molecule has 0 rings (SSSR count). The molecule has 0 heterocycles. The van der Waals surface area contributed by atoms with Crippen LogP contribution >= 0.6 is 0 Å². The fourth-order valence-corrected chi connectivity index (χ4v) is 1.15. The molecule has 0 radical (unpaired) electrons. The molecule has 0 aliphatic carbocycles. The number of rotatable bonds is 7. The van der Waals surface area contributed by atoms with Gasteiger partial charge in [0.1, 0.15) is 0 Å². The number of carbonyl (C=O) groups excluding carboxylic acids is 2. The van der Waals surface area contributed by atoms with E-state index in [0.717, 1.165) is 6.42 Å². The Bertz CT molecular complexity index is 229. The van der Waals surface area contributed by atoms with Gasteiger partial charge in [-0.3, -0.25) is 9.59 Å². The van der Waals surface area contributed by atoms with Gasteiger partial charge in [0.05, 0.1) is 6.04 Å². The van der Waals surface area contributed by atoms with E-state index in [1.54, 1.807) is 0 Å². The molecule has 0 fully saturated rings. The summed E-state index contributed by atoms with van der Waals surface area (Å²) in [7, 11) is 0. The highest BCUT2D eigenvalue weighted by Gasteiger charge is 2.11. The van der Waals surface area contributed by atoms with Gasteiger partial charge < -0.3 is 16.4 Å². The van der Waals surface area contributed by atoms with Crippen molar-refractivity contribution in [3.63, 3.8) is 0 Å². The van der Waals surface area contributed by atoms with Gasteiger partial charge in [-0.15, -0.1) is 0 Å². The van der Waals surface area contributed by atoms with Crippen LogP contribution in [0, 0.1) is 5.92 Å². The average Bonchev–Trinajstić information content (AvgIpc) is 2.23. The summed E-state index contributed by atoms with van der Waals surface area (Å²) in [5.41, 5.74) is 5.62. The summed E-state index contributed by atoms with van der Waals surface area (Å²) in [6, 6.07) is -0.439. The van der Waals surface area contributed by atoms with Gasteiger partial charge in [0.25, 0.3) is 0 Å². The molecule has 16 heavy (non-hydrogen) atoms. The van der Waals surface area contributed by atoms with E-state index >= 15 is 0 Å². The molecule has 0 saturated heterocycles. The lowest BCUT2D eigenvalue weighted by molar-refractivity contribution is -0.125. The second kappa shape index (κ2) is 8.10. The summed E-state index contributed by atoms with van der Waals surface area (Å²) >= 11 is 0. The molecule has 1 atom stereocenters. The summed E-state index contributed by atoms with van der Waals surface area (Å²) in [5, 5.41) is 5.40. The molecule has 0 aliphatic rings. The first-order valence-corrected chi connectivity index (χ1v) is 5.80. The topological polar surface area (TPSA) is 84.2 Å². The third-order valence-electron chi connectivity index (χ3n) is 2.18. The number of carbonyl (C=O) groups is 2. The summed E-state index contributed by atoms with van der Waals surface area (Å²) in [4.78, 5) is 22.5. The van der Waals surface area contributed by atoms with E-state index in [0.29, 0.717) is 19.5 Å². The van der Waals surface area contributed by atoms with Crippen LogP contribution < -0.4 is 16.4 Å². The lowest BCUT2D eigenvalue weighted by Crippen LogP contribution is -2.43. The van der Waals surface area contributed by atoms with E-state index in [4.69, 9.17) is 5.73 Å². The highest BCUT2D eigenvalue weighted by atomic mass is 16.2. The minimum Gasteiger partial charge on any atom is -0.354 e. The maximum Gasteiger partial charge on any atom is 0.236 e. The van der Waals surface area contributed by atoms with Crippen LogP contribution in [-0.4, -0.2) is 30.9 Å². The second-order valence-electron chi connectivity index (χ2n) is 4.13. The van der Waals surface area contributed by atoms with Crippen LogP contribution in [0.5, 0.6) is 0 Å². The number of hydrogen-bond donors (Lipinski definition) is 3. The van der Waals surface area contributed by atoms with E-state index in [1.165, 1.54) is 0 Å². The predicted octanol–water partition coefficient (Wildman–Crippen LogP) is 0.00220. The number of nitrogens with one attached hydrogen (secondary N) is 2. The fraction of sp³-hybridized carbons (Fsp3) is 0.818. The first-order chi connectivity index (χ1) is 7.49. The van der Waals surface area contributed by atoms with Crippen molar-refractivity contribution in [1.82, 2.24) is 10.6 Å². The fourth-order valence-electron chi connectivity index (χ4n) is 1.15. The highest BCUT2D eigenvalue weighted by Crippen LogP contribution is 1.92. The van der Waals surface area contributed by atoms with Gasteiger partial charge in [-0.05, 0) is 6.42 Å². The third kappa shape index (κ3) is 6.40. The first kappa shape index (κ1) is 14.9.